The topological polar surface area (TPSA) is 223 Å². The third-order valence-electron chi connectivity index (χ3n) is 7.61. The highest BCUT2D eigenvalue weighted by Gasteiger charge is 2.39. The highest BCUT2D eigenvalue weighted by atomic mass is 32.2. The van der Waals surface area contributed by atoms with Crippen molar-refractivity contribution in [3.05, 3.63) is 74.0 Å². The minimum atomic E-state index is -1.46. The molecule has 0 aliphatic carbocycles. The minimum absolute atomic E-state index is 0.102. The van der Waals surface area contributed by atoms with E-state index in [0.717, 1.165) is 40.9 Å². The van der Waals surface area contributed by atoms with E-state index in [4.69, 9.17) is 12.2 Å². The Morgan fingerprint density at radius 3 is 2.10 bits per heavy atom. The number of carboxylic acids is 3. The summed E-state index contributed by atoms with van der Waals surface area (Å²) >= 11 is 8.06. The van der Waals surface area contributed by atoms with E-state index >= 15 is 0 Å². The molecule has 1 fully saturated rings. The Balaban J connectivity index is 1.88. The van der Waals surface area contributed by atoms with Gasteiger partial charge in [-0.25, -0.2) is 0 Å². The smallest absolute Gasteiger partial charge is 0.323 e. The van der Waals surface area contributed by atoms with Crippen molar-refractivity contribution in [1.29, 1.82) is 0 Å². The number of carboxylic acid groups (broad SMARTS) is 3. The molecule has 50 heavy (non-hydrogen) atoms. The van der Waals surface area contributed by atoms with Gasteiger partial charge in [-0.3, -0.25) is 47.7 Å². The fraction of sp³-hybridized carbons (Fsp3) is 0.300. The fourth-order valence-corrected chi connectivity index (χ4v) is 9.28. The molecule has 3 aromatic rings. The summed E-state index contributed by atoms with van der Waals surface area (Å²) in [5, 5.41) is 48.8. The lowest BCUT2D eigenvalue weighted by Gasteiger charge is -2.20. The number of amides is 1. The average molecular weight is 764 g/mol. The first kappa shape index (κ1) is 36.7. The quantitative estimate of drug-likeness (QED) is 0.153. The van der Waals surface area contributed by atoms with Crippen LogP contribution in [0.5, 0.6) is 0 Å². The number of aliphatic carboxylic acids is 3. The number of thiazole rings is 2. The summed E-state index contributed by atoms with van der Waals surface area (Å²) in [7, 11) is 1.29. The predicted octanol–water partition coefficient (Wildman–Crippen LogP) is -0.660. The van der Waals surface area contributed by atoms with Crippen LogP contribution in [0.4, 0.5) is 5.69 Å². The minimum Gasteiger partial charge on any atom is -0.480 e. The summed E-state index contributed by atoms with van der Waals surface area (Å²) in [4.78, 5) is 81.3. The second-order valence-electron chi connectivity index (χ2n) is 10.8. The molecule has 2 aromatic heterocycles. The Kier molecular flexibility index (Phi) is 10.8. The van der Waals surface area contributed by atoms with Gasteiger partial charge < -0.3 is 30.4 Å². The molecule has 0 bridgehead atoms. The van der Waals surface area contributed by atoms with Crippen molar-refractivity contribution >= 4 is 92.5 Å². The van der Waals surface area contributed by atoms with Crippen LogP contribution >= 0.6 is 46.7 Å². The Morgan fingerprint density at radius 2 is 1.52 bits per heavy atom. The standard InChI is InChI=1S/C30H29N5O11S4/c1-3-15(9-18-32(6-7-36)16-8-14(13-37)4-5-17(16)48-18)23-26(45)35(12-21(42)43)29(49-23)24-27(46)34(11-20(40)41)28(50-24)22-25(44)31(2)30(47)33(22)10-19(38)39/h4-5,8-9,36-37H,3,6-7,10-13H2,1-2H3,(H,38,39)(H,40,41)(H,42,43)/b18-9?,23-15+,28-22+,29-24+. The van der Waals surface area contributed by atoms with Gasteiger partial charge >= 0.3 is 17.9 Å². The van der Waals surface area contributed by atoms with Gasteiger partial charge in [0, 0.05) is 18.5 Å². The van der Waals surface area contributed by atoms with Gasteiger partial charge in [0.2, 0.25) is 0 Å². The summed E-state index contributed by atoms with van der Waals surface area (Å²) in [6.45, 7) is -0.969. The molecule has 2 aliphatic heterocycles. The van der Waals surface area contributed by atoms with Crippen LogP contribution in [0, 0.1) is 9.20 Å². The predicted molar refractivity (Wildman–Crippen MR) is 187 cm³/mol. The van der Waals surface area contributed by atoms with Crippen LogP contribution in [-0.2, 0) is 38.9 Å². The van der Waals surface area contributed by atoms with Gasteiger partial charge in [-0.15, -0.1) is 22.7 Å². The number of rotatable bonds is 11. The van der Waals surface area contributed by atoms with Gasteiger partial charge in [0.1, 0.15) is 39.2 Å². The first-order valence-corrected chi connectivity index (χ1v) is 17.6. The van der Waals surface area contributed by atoms with Gasteiger partial charge in [-0.05, 0) is 48.0 Å². The number of aromatic nitrogens is 2. The molecule has 1 amide bonds. The van der Waals surface area contributed by atoms with E-state index in [1.165, 1.54) is 18.8 Å². The van der Waals surface area contributed by atoms with Crippen molar-refractivity contribution in [2.24, 2.45) is 0 Å². The number of aliphatic hydroxyl groups is 2. The number of carbonyl (C=O) groups is 4. The van der Waals surface area contributed by atoms with Crippen LogP contribution in [0.15, 0.2) is 43.8 Å². The molecule has 2 aliphatic rings. The van der Waals surface area contributed by atoms with E-state index in [1.807, 2.05) is 11.0 Å². The van der Waals surface area contributed by atoms with E-state index in [9.17, 15) is 54.3 Å². The number of carbonyl (C=O) groups excluding carboxylic acids is 1. The number of nitrogens with zero attached hydrogens (tertiary/aromatic N) is 5. The van der Waals surface area contributed by atoms with Gasteiger partial charge in [-0.1, -0.05) is 24.8 Å². The number of benzene rings is 1. The molecule has 20 heteroatoms. The van der Waals surface area contributed by atoms with E-state index in [2.05, 4.69) is 0 Å². The maximum absolute atomic E-state index is 13.9. The van der Waals surface area contributed by atoms with Crippen LogP contribution in [0.25, 0.3) is 11.3 Å². The highest BCUT2D eigenvalue weighted by molar-refractivity contribution is 8.03. The second kappa shape index (κ2) is 14.7. The van der Waals surface area contributed by atoms with Crippen molar-refractivity contribution in [1.82, 2.24) is 18.9 Å². The van der Waals surface area contributed by atoms with Crippen LogP contribution in [0.3, 0.4) is 0 Å². The van der Waals surface area contributed by atoms with Crippen molar-refractivity contribution in [3.8, 4) is 0 Å². The van der Waals surface area contributed by atoms with E-state index in [0.29, 0.717) is 27.5 Å². The second-order valence-corrected chi connectivity index (χ2v) is 14.2. The number of likely N-dealkylation sites (N-methyl/N-ethyl adjacent to an activating group) is 1. The number of aliphatic hydroxyl groups excluding tert-OH is 2. The molecule has 0 unspecified atom stereocenters. The number of thiocarbonyl (C=S) groups is 1. The van der Waals surface area contributed by atoms with Crippen LogP contribution < -0.4 is 25.2 Å². The summed E-state index contributed by atoms with van der Waals surface area (Å²) in [6.07, 6.45) is 2.02. The third-order valence-corrected chi connectivity index (χ3v) is 11.8. The normalized spacial score (nSPS) is 17.6. The van der Waals surface area contributed by atoms with Crippen LogP contribution in [-0.4, -0.2) is 100 Å². The zero-order valence-electron chi connectivity index (χ0n) is 26.3. The molecule has 5 N–H and O–H groups in total. The molecule has 4 heterocycles. The number of fused-ring (bicyclic) bond motifs is 1. The zero-order valence-corrected chi connectivity index (χ0v) is 29.6. The van der Waals surface area contributed by atoms with Crippen LogP contribution in [0.1, 0.15) is 18.9 Å². The van der Waals surface area contributed by atoms with Gasteiger partial charge in [-0.2, -0.15) is 0 Å². The molecular weight excluding hydrogens is 735 g/mol. The first-order valence-electron chi connectivity index (χ1n) is 14.7. The average Bonchev–Trinajstić information content (AvgIpc) is 3.73. The number of β-amino-alcohol motifs (C(OH)–C–C–N with tert-alkyl or cyclic N) is 1. The van der Waals surface area contributed by atoms with Crippen molar-refractivity contribution in [2.75, 3.05) is 31.6 Å². The van der Waals surface area contributed by atoms with Gasteiger partial charge in [0.05, 0.1) is 28.5 Å². The van der Waals surface area contributed by atoms with Crippen molar-refractivity contribution in [3.63, 3.8) is 0 Å². The monoisotopic (exact) mass is 763 g/mol. The molecule has 1 saturated heterocycles. The molecule has 1 aromatic carbocycles. The van der Waals surface area contributed by atoms with E-state index in [1.54, 1.807) is 25.1 Å². The Morgan fingerprint density at radius 1 is 0.880 bits per heavy atom. The van der Waals surface area contributed by atoms with Crippen molar-refractivity contribution in [2.45, 2.75) is 37.9 Å². The number of anilines is 1. The largest absolute Gasteiger partial charge is 0.480 e. The van der Waals surface area contributed by atoms with Gasteiger partial charge in [0.15, 0.2) is 5.11 Å². The molecule has 0 atom stereocenters. The maximum atomic E-state index is 13.9. The molecule has 0 radical (unpaired) electrons. The molecule has 16 nitrogen and oxygen atoms in total. The number of thioether (sulfide) groups is 1. The van der Waals surface area contributed by atoms with E-state index < -0.39 is 54.6 Å². The lowest BCUT2D eigenvalue weighted by atomic mass is 10.2. The molecule has 0 saturated carbocycles. The third kappa shape index (κ3) is 6.76. The number of hydrogen-bond acceptors (Lipinski definition) is 13. The van der Waals surface area contributed by atoms with Crippen molar-refractivity contribution < 1.29 is 44.7 Å². The fourth-order valence-electron chi connectivity index (χ4n) is 5.35. The molecule has 0 spiro atoms. The lowest BCUT2D eigenvalue weighted by Crippen LogP contribution is -2.37. The number of hydrogen-bond donors (Lipinski definition) is 5. The zero-order chi connectivity index (χ0) is 36.6. The Labute approximate surface area is 298 Å². The number of allylic oxidation sites excluding steroid dienone is 1. The first-order chi connectivity index (χ1) is 23.7. The molecule has 264 valence electrons. The van der Waals surface area contributed by atoms with Gasteiger partial charge in [0.25, 0.3) is 17.0 Å². The SMILES string of the molecule is CC/C(C=C1Sc2ccc(CO)cc2N1CCO)=c1\s/c(=c2/s/c(=C3\C(=O)N(C)C(=S)N3CC(=O)O)n(CC(=O)O)c2=O)n(CC(=O)O)c1=O. The highest BCUT2D eigenvalue weighted by Crippen LogP contribution is 2.46. The summed E-state index contributed by atoms with van der Waals surface area (Å²) in [5.41, 5.74) is -0.131. The Hall–Kier alpha value is -4.60. The molecule has 5 rings (SSSR count). The maximum Gasteiger partial charge on any atom is 0.323 e. The Bertz CT molecular complexity index is 2340. The summed E-state index contributed by atoms with van der Waals surface area (Å²) < 4.78 is 1.17. The lowest BCUT2D eigenvalue weighted by molar-refractivity contribution is -0.138. The van der Waals surface area contributed by atoms with E-state index in [-0.39, 0.29) is 55.4 Å². The van der Waals surface area contributed by atoms with Crippen LogP contribution in [0.2, 0.25) is 0 Å². The summed E-state index contributed by atoms with van der Waals surface area (Å²) in [5.74, 6) is -5.00. The molecular formula is C30H29N5O11S4. The summed E-state index contributed by atoms with van der Waals surface area (Å²) in [6, 6.07) is 5.39.